The van der Waals surface area contributed by atoms with Gasteiger partial charge in [0.1, 0.15) is 5.75 Å². The summed E-state index contributed by atoms with van der Waals surface area (Å²) in [6, 6.07) is 11.0. The Morgan fingerprint density at radius 3 is 2.56 bits per heavy atom. The van der Waals surface area contributed by atoms with Crippen LogP contribution >= 0.6 is 11.6 Å². The number of non-ortho nitro benzene ring substituents is 1. The number of anilines is 1. The third-order valence-corrected chi connectivity index (χ3v) is 3.69. The minimum atomic E-state index is -0.488. The number of nitrogens with one attached hydrogen (secondary N) is 1. The van der Waals surface area contributed by atoms with E-state index in [1.807, 2.05) is 4.90 Å². The highest BCUT2D eigenvalue weighted by Crippen LogP contribution is 2.23. The Bertz CT molecular complexity index is 765. The van der Waals surface area contributed by atoms with Crippen LogP contribution in [0.4, 0.5) is 11.4 Å². The number of methoxy groups -OCH3 is 1. The van der Waals surface area contributed by atoms with Gasteiger partial charge in [0, 0.05) is 35.0 Å². The lowest BCUT2D eigenvalue weighted by atomic mass is 10.2. The van der Waals surface area contributed by atoms with Crippen LogP contribution in [0.1, 0.15) is 5.56 Å². The molecule has 0 saturated carbocycles. The Labute approximate surface area is 150 Å². The molecule has 0 spiro atoms. The summed E-state index contributed by atoms with van der Waals surface area (Å²) in [6.07, 6.45) is 0. The van der Waals surface area contributed by atoms with Gasteiger partial charge < -0.3 is 10.1 Å². The van der Waals surface area contributed by atoms with Crippen LogP contribution in [0.2, 0.25) is 5.02 Å². The molecule has 132 valence electrons. The Hall–Kier alpha value is -2.64. The molecule has 0 aliphatic heterocycles. The molecular formula is C17H18ClN3O4. The van der Waals surface area contributed by atoms with Crippen LogP contribution in [-0.2, 0) is 11.3 Å². The molecule has 2 aromatic carbocycles. The Morgan fingerprint density at radius 2 is 1.96 bits per heavy atom. The molecule has 0 radical (unpaired) electrons. The number of hydrogen-bond acceptors (Lipinski definition) is 5. The van der Waals surface area contributed by atoms with Gasteiger partial charge in [0.05, 0.1) is 18.6 Å². The molecule has 7 nitrogen and oxygen atoms in total. The van der Waals surface area contributed by atoms with Crippen molar-refractivity contribution < 1.29 is 14.5 Å². The number of nitro groups is 1. The van der Waals surface area contributed by atoms with Crippen molar-refractivity contribution in [2.45, 2.75) is 6.54 Å². The van der Waals surface area contributed by atoms with Gasteiger partial charge in [-0.3, -0.25) is 19.8 Å². The van der Waals surface area contributed by atoms with E-state index in [2.05, 4.69) is 5.32 Å². The third kappa shape index (κ3) is 5.44. The van der Waals surface area contributed by atoms with E-state index in [0.29, 0.717) is 23.0 Å². The summed E-state index contributed by atoms with van der Waals surface area (Å²) in [5.41, 5.74) is 1.35. The monoisotopic (exact) mass is 363 g/mol. The zero-order valence-electron chi connectivity index (χ0n) is 13.9. The predicted molar refractivity (Wildman–Crippen MR) is 96.1 cm³/mol. The maximum atomic E-state index is 12.1. The molecule has 0 aliphatic carbocycles. The molecule has 0 fully saturated rings. The molecule has 2 rings (SSSR count). The molecule has 0 heterocycles. The maximum absolute atomic E-state index is 12.1. The molecule has 1 N–H and O–H groups in total. The predicted octanol–water partition coefficient (Wildman–Crippen LogP) is 3.33. The van der Waals surface area contributed by atoms with E-state index in [9.17, 15) is 14.9 Å². The second kappa shape index (κ2) is 8.46. The largest absolute Gasteiger partial charge is 0.496 e. The molecule has 0 aliphatic rings. The Kier molecular flexibility index (Phi) is 6.32. The van der Waals surface area contributed by atoms with E-state index in [1.54, 1.807) is 32.4 Å². The summed E-state index contributed by atoms with van der Waals surface area (Å²) in [6.45, 7) is 0.629. The number of rotatable bonds is 7. The molecule has 1 amide bonds. The Morgan fingerprint density at radius 1 is 1.28 bits per heavy atom. The minimum Gasteiger partial charge on any atom is -0.496 e. The highest BCUT2D eigenvalue weighted by Gasteiger charge is 2.12. The fourth-order valence-corrected chi connectivity index (χ4v) is 2.52. The van der Waals surface area contributed by atoms with Crippen molar-refractivity contribution in [3.8, 4) is 5.75 Å². The first kappa shape index (κ1) is 18.7. The summed E-state index contributed by atoms with van der Waals surface area (Å²) < 4.78 is 5.29. The van der Waals surface area contributed by atoms with E-state index in [4.69, 9.17) is 16.3 Å². The van der Waals surface area contributed by atoms with Crippen LogP contribution in [0, 0.1) is 10.1 Å². The van der Waals surface area contributed by atoms with Crippen molar-refractivity contribution in [2.24, 2.45) is 0 Å². The third-order valence-electron chi connectivity index (χ3n) is 3.46. The number of ether oxygens (including phenoxy) is 1. The van der Waals surface area contributed by atoms with Gasteiger partial charge in [0.15, 0.2) is 0 Å². The lowest BCUT2D eigenvalue weighted by molar-refractivity contribution is -0.384. The highest BCUT2D eigenvalue weighted by molar-refractivity contribution is 6.30. The second-order valence-corrected chi connectivity index (χ2v) is 5.92. The molecule has 2 aromatic rings. The SMILES string of the molecule is COc1ccc(Cl)cc1CN(C)CC(=O)Nc1ccc([N+](=O)[O-])cc1. The lowest BCUT2D eigenvalue weighted by Gasteiger charge is -2.18. The van der Waals surface area contributed by atoms with Crippen molar-refractivity contribution in [2.75, 3.05) is 26.0 Å². The molecule has 8 heteroatoms. The van der Waals surface area contributed by atoms with Crippen LogP contribution in [0.5, 0.6) is 5.75 Å². The number of nitrogens with zero attached hydrogens (tertiary/aromatic N) is 2. The zero-order chi connectivity index (χ0) is 18.4. The van der Waals surface area contributed by atoms with Crippen LogP contribution in [0.15, 0.2) is 42.5 Å². The number of carbonyl (C=O) groups is 1. The molecule has 25 heavy (non-hydrogen) atoms. The fourth-order valence-electron chi connectivity index (χ4n) is 2.33. The van der Waals surface area contributed by atoms with E-state index >= 15 is 0 Å². The smallest absolute Gasteiger partial charge is 0.269 e. The summed E-state index contributed by atoms with van der Waals surface area (Å²) in [7, 11) is 3.38. The topological polar surface area (TPSA) is 84.7 Å². The first-order chi connectivity index (χ1) is 11.9. The number of halogens is 1. The van der Waals surface area contributed by atoms with Gasteiger partial charge in [0.2, 0.25) is 5.91 Å². The number of likely N-dealkylation sites (N-methyl/N-ethyl adjacent to an activating group) is 1. The number of hydrogen-bond donors (Lipinski definition) is 1. The van der Waals surface area contributed by atoms with E-state index in [0.717, 1.165) is 5.56 Å². The van der Waals surface area contributed by atoms with Gasteiger partial charge >= 0.3 is 0 Å². The number of amides is 1. The second-order valence-electron chi connectivity index (χ2n) is 5.48. The standard InChI is InChI=1S/C17H18ClN3O4/c1-20(10-12-9-13(18)3-8-16(12)25-2)11-17(22)19-14-4-6-15(7-5-14)21(23)24/h3-9H,10-11H2,1-2H3,(H,19,22). The van der Waals surface area contributed by atoms with Gasteiger partial charge in [0.25, 0.3) is 5.69 Å². The molecular weight excluding hydrogens is 346 g/mol. The van der Waals surface area contributed by atoms with Gasteiger partial charge in [-0.05, 0) is 37.4 Å². The van der Waals surface area contributed by atoms with Crippen molar-refractivity contribution in [3.63, 3.8) is 0 Å². The number of carbonyl (C=O) groups excluding carboxylic acids is 1. The van der Waals surface area contributed by atoms with Crippen LogP contribution in [0.3, 0.4) is 0 Å². The van der Waals surface area contributed by atoms with Crippen molar-refractivity contribution in [1.82, 2.24) is 4.90 Å². The van der Waals surface area contributed by atoms with Gasteiger partial charge in [-0.25, -0.2) is 0 Å². The summed E-state index contributed by atoms with van der Waals surface area (Å²) >= 11 is 6.00. The molecule has 0 atom stereocenters. The van der Waals surface area contributed by atoms with Crippen molar-refractivity contribution >= 4 is 28.9 Å². The first-order valence-electron chi connectivity index (χ1n) is 7.44. The number of nitro benzene ring substituents is 1. The molecule has 0 bridgehead atoms. The summed E-state index contributed by atoms with van der Waals surface area (Å²) in [5.74, 6) is 0.476. The summed E-state index contributed by atoms with van der Waals surface area (Å²) in [4.78, 5) is 24.1. The lowest BCUT2D eigenvalue weighted by Crippen LogP contribution is -2.30. The van der Waals surface area contributed by atoms with E-state index < -0.39 is 4.92 Å². The van der Waals surface area contributed by atoms with Gasteiger partial charge in [-0.2, -0.15) is 0 Å². The average Bonchev–Trinajstić information content (AvgIpc) is 2.55. The quantitative estimate of drug-likeness (QED) is 0.602. The Balaban J connectivity index is 1.94. The maximum Gasteiger partial charge on any atom is 0.269 e. The normalized spacial score (nSPS) is 10.6. The average molecular weight is 364 g/mol. The van der Waals surface area contributed by atoms with Gasteiger partial charge in [-0.1, -0.05) is 11.6 Å². The molecule has 0 unspecified atom stereocenters. The minimum absolute atomic E-state index is 0.0248. The first-order valence-corrected chi connectivity index (χ1v) is 7.82. The van der Waals surface area contributed by atoms with Crippen molar-refractivity contribution in [1.29, 1.82) is 0 Å². The van der Waals surface area contributed by atoms with E-state index in [-0.39, 0.29) is 18.1 Å². The zero-order valence-corrected chi connectivity index (χ0v) is 14.6. The van der Waals surface area contributed by atoms with Crippen molar-refractivity contribution in [3.05, 3.63) is 63.2 Å². The number of benzene rings is 2. The van der Waals surface area contributed by atoms with Crippen LogP contribution < -0.4 is 10.1 Å². The molecule has 0 saturated heterocycles. The van der Waals surface area contributed by atoms with Crippen LogP contribution in [-0.4, -0.2) is 36.4 Å². The van der Waals surface area contributed by atoms with Crippen LogP contribution in [0.25, 0.3) is 0 Å². The summed E-state index contributed by atoms with van der Waals surface area (Å²) in [5, 5.41) is 13.9. The van der Waals surface area contributed by atoms with E-state index in [1.165, 1.54) is 24.3 Å². The molecule has 0 aromatic heterocycles. The highest BCUT2D eigenvalue weighted by atomic mass is 35.5. The fraction of sp³-hybridized carbons (Fsp3) is 0.235. The van der Waals surface area contributed by atoms with Gasteiger partial charge in [-0.15, -0.1) is 0 Å².